The van der Waals surface area contributed by atoms with Crippen LogP contribution in [0.15, 0.2) is 65.7 Å². The van der Waals surface area contributed by atoms with Gasteiger partial charge in [0.25, 0.3) is 5.56 Å². The maximum atomic E-state index is 13.6. The van der Waals surface area contributed by atoms with Crippen molar-refractivity contribution in [3.05, 3.63) is 77.1 Å². The molecule has 6 nitrogen and oxygen atoms in total. The molecule has 136 valence electrons. The molecule has 0 aliphatic heterocycles. The van der Waals surface area contributed by atoms with Crippen molar-refractivity contribution in [2.75, 3.05) is 0 Å². The van der Waals surface area contributed by atoms with Crippen LogP contribution in [0.4, 0.5) is 0 Å². The lowest BCUT2D eigenvalue weighted by atomic mass is 10.0. The third-order valence-electron chi connectivity index (χ3n) is 4.73. The fraction of sp³-hybridized carbons (Fsp3) is 0.190. The molecule has 2 aromatic heterocycles. The Kier molecular flexibility index (Phi) is 4.33. The number of aromatic nitrogens is 4. The van der Waals surface area contributed by atoms with Gasteiger partial charge in [-0.15, -0.1) is 0 Å². The summed E-state index contributed by atoms with van der Waals surface area (Å²) < 4.78 is 3.36. The molecule has 6 heteroatoms. The summed E-state index contributed by atoms with van der Waals surface area (Å²) in [5.74, 6) is 0.574. The fourth-order valence-corrected chi connectivity index (χ4v) is 3.31. The number of nitrogens with two attached hydrogens (primary N) is 1. The minimum atomic E-state index is -0.329. The van der Waals surface area contributed by atoms with E-state index in [9.17, 15) is 4.79 Å². The molecule has 2 aromatic carbocycles. The van der Waals surface area contributed by atoms with Crippen LogP contribution in [0.2, 0.25) is 0 Å². The zero-order valence-electron chi connectivity index (χ0n) is 15.3. The van der Waals surface area contributed by atoms with Crippen molar-refractivity contribution in [2.24, 2.45) is 12.8 Å². The molecule has 1 atom stereocenters. The molecule has 27 heavy (non-hydrogen) atoms. The highest BCUT2D eigenvalue weighted by molar-refractivity contribution is 5.94. The van der Waals surface area contributed by atoms with E-state index in [1.807, 2.05) is 68.7 Å². The van der Waals surface area contributed by atoms with Gasteiger partial charge in [-0.3, -0.25) is 14.0 Å². The Hall–Kier alpha value is -3.25. The van der Waals surface area contributed by atoms with E-state index in [-0.39, 0.29) is 11.6 Å². The first-order valence-corrected chi connectivity index (χ1v) is 8.96. The van der Waals surface area contributed by atoms with Gasteiger partial charge in [-0.1, -0.05) is 37.3 Å². The number of hydrogen-bond donors (Lipinski definition) is 1. The van der Waals surface area contributed by atoms with Gasteiger partial charge in [-0.25, -0.2) is 4.98 Å². The van der Waals surface area contributed by atoms with E-state index in [0.717, 1.165) is 16.8 Å². The van der Waals surface area contributed by atoms with Gasteiger partial charge in [0.1, 0.15) is 5.82 Å². The van der Waals surface area contributed by atoms with Crippen LogP contribution in [0.25, 0.3) is 27.7 Å². The second-order valence-corrected chi connectivity index (χ2v) is 6.56. The number of aryl methyl sites for hydroxylation is 1. The molecule has 1 unspecified atom stereocenters. The molecule has 0 amide bonds. The minimum absolute atomic E-state index is 0.121. The molecular formula is C21H21N5O. The average molecular weight is 359 g/mol. The van der Waals surface area contributed by atoms with Gasteiger partial charge in [0.05, 0.1) is 28.8 Å². The first kappa shape index (κ1) is 17.2. The van der Waals surface area contributed by atoms with E-state index >= 15 is 0 Å². The topological polar surface area (TPSA) is 78.7 Å². The Balaban J connectivity index is 2.11. The molecule has 0 saturated carbocycles. The summed E-state index contributed by atoms with van der Waals surface area (Å²) >= 11 is 0. The van der Waals surface area contributed by atoms with Crippen molar-refractivity contribution < 1.29 is 0 Å². The third kappa shape index (κ3) is 2.94. The Morgan fingerprint density at radius 2 is 1.89 bits per heavy atom. The van der Waals surface area contributed by atoms with E-state index in [1.165, 1.54) is 0 Å². The van der Waals surface area contributed by atoms with Crippen LogP contribution in [-0.2, 0) is 7.05 Å². The lowest BCUT2D eigenvalue weighted by Crippen LogP contribution is -2.28. The van der Waals surface area contributed by atoms with Crippen LogP contribution in [0.1, 0.15) is 25.2 Å². The summed E-state index contributed by atoms with van der Waals surface area (Å²) in [5.41, 5.74) is 9.30. The largest absolute Gasteiger partial charge is 0.321 e. The number of para-hydroxylation sites is 1. The lowest BCUT2D eigenvalue weighted by Gasteiger charge is -2.18. The van der Waals surface area contributed by atoms with Gasteiger partial charge in [0, 0.05) is 18.8 Å². The van der Waals surface area contributed by atoms with Crippen molar-refractivity contribution in [3.8, 4) is 16.8 Å². The predicted molar refractivity (Wildman–Crippen MR) is 107 cm³/mol. The van der Waals surface area contributed by atoms with Crippen LogP contribution >= 0.6 is 0 Å². The second-order valence-electron chi connectivity index (χ2n) is 6.56. The SMILES string of the molecule is CCC(N)c1nc2cccc(-c3cnn(C)c3)c2c(=O)n1-c1ccccc1. The van der Waals surface area contributed by atoms with Gasteiger partial charge in [0.2, 0.25) is 0 Å². The second kappa shape index (κ2) is 6.81. The summed E-state index contributed by atoms with van der Waals surface area (Å²) in [6.07, 6.45) is 4.34. The molecule has 0 fully saturated rings. The summed E-state index contributed by atoms with van der Waals surface area (Å²) in [4.78, 5) is 18.4. The summed E-state index contributed by atoms with van der Waals surface area (Å²) in [6, 6.07) is 14.9. The van der Waals surface area contributed by atoms with Crippen molar-refractivity contribution in [3.63, 3.8) is 0 Å². The number of nitrogens with zero attached hydrogens (tertiary/aromatic N) is 4. The van der Waals surface area contributed by atoms with Crippen molar-refractivity contribution in [2.45, 2.75) is 19.4 Å². The monoisotopic (exact) mass is 359 g/mol. The first-order valence-electron chi connectivity index (χ1n) is 8.96. The lowest BCUT2D eigenvalue weighted by molar-refractivity contribution is 0.623. The van der Waals surface area contributed by atoms with Gasteiger partial charge in [-0.2, -0.15) is 5.10 Å². The van der Waals surface area contributed by atoms with Crippen LogP contribution < -0.4 is 11.3 Å². The van der Waals surface area contributed by atoms with Crippen molar-refractivity contribution in [1.82, 2.24) is 19.3 Å². The quantitative estimate of drug-likeness (QED) is 0.607. The average Bonchev–Trinajstić information content (AvgIpc) is 3.13. The zero-order chi connectivity index (χ0) is 19.0. The Morgan fingerprint density at radius 3 is 2.56 bits per heavy atom. The smallest absolute Gasteiger partial charge is 0.266 e. The highest BCUT2D eigenvalue weighted by Gasteiger charge is 2.19. The Morgan fingerprint density at radius 1 is 1.11 bits per heavy atom. The van der Waals surface area contributed by atoms with E-state index < -0.39 is 0 Å². The molecule has 4 aromatic rings. The molecule has 2 N–H and O–H groups in total. The first-order chi connectivity index (χ1) is 13.1. The predicted octanol–water partition coefficient (Wildman–Crippen LogP) is 3.20. The van der Waals surface area contributed by atoms with Gasteiger partial charge < -0.3 is 5.73 Å². The standard InChI is InChI=1S/C21H21N5O/c1-3-17(22)20-24-18-11-7-10-16(14-12-23-25(2)13-14)19(18)21(27)26(20)15-8-5-4-6-9-15/h4-13,17H,3,22H2,1-2H3. The Labute approximate surface area is 156 Å². The van der Waals surface area contributed by atoms with Crippen LogP contribution in [-0.4, -0.2) is 19.3 Å². The van der Waals surface area contributed by atoms with Gasteiger partial charge in [-0.05, 0) is 30.2 Å². The zero-order valence-corrected chi connectivity index (χ0v) is 15.3. The van der Waals surface area contributed by atoms with Crippen molar-refractivity contribution in [1.29, 1.82) is 0 Å². The molecule has 0 aliphatic rings. The van der Waals surface area contributed by atoms with Crippen LogP contribution in [0, 0.1) is 0 Å². The summed E-state index contributed by atoms with van der Waals surface area (Å²) in [7, 11) is 1.85. The minimum Gasteiger partial charge on any atom is -0.321 e. The maximum absolute atomic E-state index is 13.6. The molecule has 0 bridgehead atoms. The maximum Gasteiger partial charge on any atom is 0.266 e. The normalized spacial score (nSPS) is 12.4. The Bertz CT molecular complexity index is 1160. The molecule has 4 rings (SSSR count). The van der Waals surface area contributed by atoms with E-state index in [2.05, 4.69) is 5.10 Å². The highest BCUT2D eigenvalue weighted by Crippen LogP contribution is 2.27. The van der Waals surface area contributed by atoms with E-state index in [1.54, 1.807) is 15.4 Å². The van der Waals surface area contributed by atoms with Crippen molar-refractivity contribution >= 4 is 10.9 Å². The molecule has 2 heterocycles. The number of rotatable bonds is 4. The van der Waals surface area contributed by atoms with Crippen LogP contribution in [0.5, 0.6) is 0 Å². The fourth-order valence-electron chi connectivity index (χ4n) is 3.31. The van der Waals surface area contributed by atoms with Gasteiger partial charge >= 0.3 is 0 Å². The molecule has 0 saturated heterocycles. The summed E-state index contributed by atoms with van der Waals surface area (Å²) in [5, 5.41) is 4.81. The number of hydrogen-bond acceptors (Lipinski definition) is 4. The number of fused-ring (bicyclic) bond motifs is 1. The highest BCUT2D eigenvalue weighted by atomic mass is 16.1. The molecular weight excluding hydrogens is 338 g/mol. The third-order valence-corrected chi connectivity index (χ3v) is 4.73. The van der Waals surface area contributed by atoms with Gasteiger partial charge in [0.15, 0.2) is 0 Å². The molecule has 0 aliphatic carbocycles. The van der Waals surface area contributed by atoms with E-state index in [4.69, 9.17) is 10.7 Å². The van der Waals surface area contributed by atoms with Crippen LogP contribution in [0.3, 0.4) is 0 Å². The number of benzene rings is 2. The van der Waals surface area contributed by atoms with E-state index in [0.29, 0.717) is 23.1 Å². The summed E-state index contributed by atoms with van der Waals surface area (Å²) in [6.45, 7) is 1.99. The molecule has 0 spiro atoms. The molecule has 0 radical (unpaired) electrons.